The monoisotopic (exact) mass is 895 g/mol. The minimum atomic E-state index is -1.77. The van der Waals surface area contributed by atoms with E-state index in [1.54, 1.807) is 0 Å². The second-order valence-electron chi connectivity index (χ2n) is 14.4. The fraction of sp³-hybridized carbons (Fsp3) is 0.244. The van der Waals surface area contributed by atoms with Gasteiger partial charge in [-0.3, -0.25) is 0 Å². The molecule has 1 fully saturated rings. The first-order valence-corrected chi connectivity index (χ1v) is 25.0. The van der Waals surface area contributed by atoms with Gasteiger partial charge in [0.25, 0.3) is 0 Å². The molecule has 0 unspecified atom stereocenters. The van der Waals surface area contributed by atoms with E-state index in [1.807, 2.05) is 36.5 Å². The molecule has 3 nitrogen and oxygen atoms in total. The van der Waals surface area contributed by atoms with Crippen molar-refractivity contribution in [3.05, 3.63) is 139 Å². The van der Waals surface area contributed by atoms with E-state index in [4.69, 9.17) is 9.40 Å². The molecule has 0 spiro atoms. The van der Waals surface area contributed by atoms with Crippen molar-refractivity contribution in [3.8, 4) is 33.6 Å². The first kappa shape index (κ1) is 36.0. The van der Waals surface area contributed by atoms with Gasteiger partial charge in [-0.15, -0.1) is 18.2 Å². The fourth-order valence-corrected chi connectivity index (χ4v) is 10.8. The maximum atomic E-state index is 6.42. The molecule has 0 aliphatic heterocycles. The summed E-state index contributed by atoms with van der Waals surface area (Å²) in [5.74, 6) is 8.01. The summed E-state index contributed by atoms with van der Waals surface area (Å²) >= 11 is -1.77. The van der Waals surface area contributed by atoms with Gasteiger partial charge in [-0.05, 0) is 41.3 Å². The minimum absolute atomic E-state index is 0. The molecular weight excluding hydrogens is 849 g/mol. The maximum Gasteiger partial charge on any atom is 0.121 e. The van der Waals surface area contributed by atoms with E-state index >= 15 is 0 Å². The summed E-state index contributed by atoms with van der Waals surface area (Å²) in [6, 6.07) is 42.2. The van der Waals surface area contributed by atoms with Gasteiger partial charge in [0, 0.05) is 31.7 Å². The van der Waals surface area contributed by atoms with Crippen LogP contribution in [-0.4, -0.2) is 23.2 Å². The Bertz CT molecular complexity index is 2180. The molecule has 3 heterocycles. The topological polar surface area (TPSA) is 38.9 Å². The number of furan rings is 1. The summed E-state index contributed by atoms with van der Waals surface area (Å²) in [7, 11) is 0. The van der Waals surface area contributed by atoms with Crippen LogP contribution in [0.1, 0.15) is 43.2 Å². The Hall–Kier alpha value is -3.83. The number of rotatable bonds is 6. The molecule has 4 aromatic carbocycles. The van der Waals surface area contributed by atoms with Gasteiger partial charge in [0.15, 0.2) is 0 Å². The van der Waals surface area contributed by atoms with Crippen molar-refractivity contribution in [2.24, 2.45) is 5.92 Å². The normalized spacial score (nSPS) is 13.4. The van der Waals surface area contributed by atoms with Gasteiger partial charge in [-0.2, -0.15) is 0 Å². The standard InChI is InChI=1S/C30H26NO.C15H18GeN.Ir/c1-3-8-21(9-4-1)18-22-16-17-31-28(19-22)27-13-7-12-26-25-15-14-24(20-29(25)32-30(26)27)23-10-5-2-6-11-23;1-12-10-15(13-8-6-5-7-9-13)17-11-14(12)16(2,3)4;/h2,5-7,10-12,14-17,19-21H,1,3-4,8-9,18H2;5-8,10-11H,1-4H3;/q2*-1;. The van der Waals surface area contributed by atoms with Crippen LogP contribution in [0.25, 0.3) is 55.6 Å². The van der Waals surface area contributed by atoms with Crippen molar-refractivity contribution >= 4 is 39.6 Å². The van der Waals surface area contributed by atoms with Crippen molar-refractivity contribution in [2.45, 2.75) is 62.7 Å². The van der Waals surface area contributed by atoms with Crippen LogP contribution in [0.2, 0.25) is 17.3 Å². The zero-order valence-corrected chi connectivity index (χ0v) is 33.9. The number of hydrogen-bond donors (Lipinski definition) is 0. The zero-order chi connectivity index (χ0) is 33.8. The zero-order valence-electron chi connectivity index (χ0n) is 29.4. The van der Waals surface area contributed by atoms with Gasteiger partial charge >= 0.3 is 106 Å². The summed E-state index contributed by atoms with van der Waals surface area (Å²) in [6.07, 6.45) is 12.0. The van der Waals surface area contributed by atoms with E-state index in [0.29, 0.717) is 0 Å². The first-order chi connectivity index (χ1) is 23.8. The van der Waals surface area contributed by atoms with Crippen LogP contribution in [-0.2, 0) is 26.5 Å². The van der Waals surface area contributed by atoms with Crippen molar-refractivity contribution < 1.29 is 24.5 Å². The van der Waals surface area contributed by atoms with Gasteiger partial charge in [-0.25, -0.2) is 0 Å². The number of nitrogens with zero attached hydrogens (tertiary/aromatic N) is 2. The third-order valence-electron chi connectivity index (χ3n) is 9.77. The molecule has 3 aromatic heterocycles. The molecule has 0 amide bonds. The van der Waals surface area contributed by atoms with Crippen molar-refractivity contribution in [3.63, 3.8) is 0 Å². The van der Waals surface area contributed by atoms with E-state index < -0.39 is 13.3 Å². The van der Waals surface area contributed by atoms with E-state index in [2.05, 4.69) is 120 Å². The van der Waals surface area contributed by atoms with Crippen molar-refractivity contribution in [1.29, 1.82) is 0 Å². The second-order valence-corrected chi connectivity index (χ2v) is 25.0. The Balaban J connectivity index is 0.000000204. The van der Waals surface area contributed by atoms with E-state index in [1.165, 1.54) is 53.2 Å². The Morgan fingerprint density at radius 1 is 0.740 bits per heavy atom. The SMILES string of the molecule is Cc1cc(-c2[c-]cccc2)nc[c]1[Ge]([CH3])([CH3])[CH3].[Ir].[c-]1ccc2c(oc3cc(-c4ccccc4)ccc32)c1-c1cc(CC2CCCCC2)ccn1. The molecule has 1 saturated carbocycles. The predicted molar refractivity (Wildman–Crippen MR) is 208 cm³/mol. The number of aryl methyl sites for hydroxylation is 1. The fourth-order valence-electron chi connectivity index (χ4n) is 7.25. The number of aromatic nitrogens is 2. The average molecular weight is 894 g/mol. The second kappa shape index (κ2) is 16.0. The number of pyridine rings is 2. The van der Waals surface area contributed by atoms with Crippen LogP contribution in [0.3, 0.4) is 0 Å². The Morgan fingerprint density at radius 2 is 1.54 bits per heavy atom. The van der Waals surface area contributed by atoms with Crippen molar-refractivity contribution in [1.82, 2.24) is 9.97 Å². The molecule has 0 N–H and O–H groups in total. The van der Waals surface area contributed by atoms with E-state index in [-0.39, 0.29) is 20.1 Å². The van der Waals surface area contributed by atoms with Gasteiger partial charge in [0.05, 0.1) is 5.58 Å². The Labute approximate surface area is 313 Å². The summed E-state index contributed by atoms with van der Waals surface area (Å²) in [5, 5.41) is 2.25. The van der Waals surface area contributed by atoms with Crippen molar-refractivity contribution in [2.75, 3.05) is 0 Å². The molecular formula is C45H44GeIrN2O-2. The summed E-state index contributed by atoms with van der Waals surface area (Å²) in [4.78, 5) is 9.29. The van der Waals surface area contributed by atoms with Crippen LogP contribution in [0.5, 0.6) is 0 Å². The summed E-state index contributed by atoms with van der Waals surface area (Å²) in [5.41, 5.74) is 10.9. The van der Waals surface area contributed by atoms with Gasteiger partial charge in [0.2, 0.25) is 0 Å². The molecule has 7 aromatic rings. The molecule has 255 valence electrons. The van der Waals surface area contributed by atoms with Crippen LogP contribution < -0.4 is 4.40 Å². The van der Waals surface area contributed by atoms with E-state index in [9.17, 15) is 0 Å². The molecule has 1 aliphatic rings. The molecule has 0 saturated heterocycles. The van der Waals surface area contributed by atoms with Gasteiger partial charge < -0.3 is 9.40 Å². The molecule has 1 aliphatic carbocycles. The molecule has 1 radical (unpaired) electrons. The van der Waals surface area contributed by atoms with Crippen LogP contribution in [0.15, 0.2) is 120 Å². The summed E-state index contributed by atoms with van der Waals surface area (Å²) in [6.45, 7) is 2.19. The smallest absolute Gasteiger partial charge is 0.121 e. The first-order valence-electron chi connectivity index (χ1n) is 17.7. The molecule has 0 bridgehead atoms. The largest absolute Gasteiger partial charge is 0.501 e. The minimum Gasteiger partial charge on any atom is -0.501 e. The number of hydrogen-bond acceptors (Lipinski definition) is 3. The van der Waals surface area contributed by atoms with Crippen LogP contribution in [0.4, 0.5) is 0 Å². The van der Waals surface area contributed by atoms with E-state index in [0.717, 1.165) is 62.4 Å². The average Bonchev–Trinajstić information content (AvgIpc) is 3.51. The quantitative estimate of drug-likeness (QED) is 0.123. The molecule has 0 atom stereocenters. The predicted octanol–water partition coefficient (Wildman–Crippen LogP) is 11.6. The summed E-state index contributed by atoms with van der Waals surface area (Å²) < 4.78 is 7.91. The third-order valence-corrected chi connectivity index (χ3v) is 14.3. The molecule has 5 heteroatoms. The molecule has 8 rings (SSSR count). The van der Waals surface area contributed by atoms with Crippen LogP contribution in [0, 0.1) is 25.0 Å². The van der Waals surface area contributed by atoms with Gasteiger partial charge in [-0.1, -0.05) is 97.1 Å². The number of fused-ring (bicyclic) bond motifs is 3. The number of benzene rings is 4. The Morgan fingerprint density at radius 3 is 2.28 bits per heavy atom. The molecule has 50 heavy (non-hydrogen) atoms. The maximum absolute atomic E-state index is 6.42. The van der Waals surface area contributed by atoms with Crippen LogP contribution >= 0.6 is 0 Å². The third kappa shape index (κ3) is 8.20. The van der Waals surface area contributed by atoms with Gasteiger partial charge in [0.1, 0.15) is 5.58 Å². The Kier molecular flexibility index (Phi) is 11.5.